The van der Waals surface area contributed by atoms with Crippen LogP contribution in [0.5, 0.6) is 5.75 Å². The van der Waals surface area contributed by atoms with Gasteiger partial charge in [0.1, 0.15) is 17.4 Å². The van der Waals surface area contributed by atoms with Gasteiger partial charge in [0.05, 0.1) is 33.0 Å². The van der Waals surface area contributed by atoms with Gasteiger partial charge in [0, 0.05) is 0 Å². The molecule has 0 unspecified atom stereocenters. The van der Waals surface area contributed by atoms with E-state index in [0.717, 1.165) is 11.3 Å². The summed E-state index contributed by atoms with van der Waals surface area (Å²) in [6.45, 7) is 7.33. The Hall–Kier alpha value is -2.32. The summed E-state index contributed by atoms with van der Waals surface area (Å²) in [5.74, 6) is 0.254. The fraction of sp³-hybridized carbons (Fsp3) is 0.652. The number of hydrogen-bond acceptors (Lipinski definition) is 7. The Morgan fingerprint density at radius 1 is 1.06 bits per heavy atom. The number of unbranched alkanes of at least 4 members (excludes halogenated alkanes) is 1. The number of aliphatic hydroxyl groups excluding tert-OH is 1. The van der Waals surface area contributed by atoms with Crippen molar-refractivity contribution in [3.63, 3.8) is 0 Å². The van der Waals surface area contributed by atoms with Crippen molar-refractivity contribution in [1.82, 2.24) is 5.32 Å². The minimum atomic E-state index is -0.787. The number of carbonyl (C=O) groups excluding carboxylic acids is 2. The van der Waals surface area contributed by atoms with Crippen LogP contribution < -0.4 is 10.1 Å². The Morgan fingerprint density at radius 2 is 1.68 bits per heavy atom. The van der Waals surface area contributed by atoms with Crippen LogP contribution in [-0.4, -0.2) is 55.2 Å². The van der Waals surface area contributed by atoms with E-state index in [2.05, 4.69) is 5.32 Å². The van der Waals surface area contributed by atoms with Crippen molar-refractivity contribution in [2.75, 3.05) is 14.2 Å². The van der Waals surface area contributed by atoms with E-state index in [0.29, 0.717) is 32.3 Å². The van der Waals surface area contributed by atoms with E-state index in [1.54, 1.807) is 34.8 Å². The van der Waals surface area contributed by atoms with Gasteiger partial charge in [0.2, 0.25) is 0 Å². The first-order valence-corrected chi connectivity index (χ1v) is 10.6. The summed E-state index contributed by atoms with van der Waals surface area (Å²) in [5.41, 5.74) is 0.329. The Labute approximate surface area is 185 Å². The molecule has 176 valence electrons. The summed E-state index contributed by atoms with van der Waals surface area (Å²) in [6, 6.07) is 6.77. The standard InChI is InChI=1S/C23H37NO7/c1-16(25)20(30-15-17-11-13-18(28-5)14-12-17)10-8-7-9-19(21(26)29-6)24-22(27)31-23(2,3)4/h11-14,16,19-20,25H,7-10,15H2,1-6H3,(H,24,27)/t16-,19-,20+/m0/s1. The molecule has 0 heterocycles. The second-order valence-corrected chi connectivity index (χ2v) is 8.44. The molecule has 0 aliphatic heterocycles. The van der Waals surface area contributed by atoms with Gasteiger partial charge in [-0.25, -0.2) is 9.59 Å². The zero-order valence-corrected chi connectivity index (χ0v) is 19.5. The van der Waals surface area contributed by atoms with Crippen LogP contribution in [0.3, 0.4) is 0 Å². The number of hydrogen-bond donors (Lipinski definition) is 2. The number of ether oxygens (including phenoxy) is 4. The number of nitrogens with one attached hydrogen (secondary N) is 1. The highest BCUT2D eigenvalue weighted by Gasteiger charge is 2.25. The lowest BCUT2D eigenvalue weighted by Crippen LogP contribution is -2.44. The highest BCUT2D eigenvalue weighted by Crippen LogP contribution is 2.17. The van der Waals surface area contributed by atoms with Crippen molar-refractivity contribution in [3.8, 4) is 5.75 Å². The molecule has 8 nitrogen and oxygen atoms in total. The van der Waals surface area contributed by atoms with Gasteiger partial charge in [0.25, 0.3) is 0 Å². The highest BCUT2D eigenvalue weighted by atomic mass is 16.6. The number of alkyl carbamates (subject to hydrolysis) is 1. The fourth-order valence-electron chi connectivity index (χ4n) is 2.92. The Morgan fingerprint density at radius 3 is 2.19 bits per heavy atom. The second-order valence-electron chi connectivity index (χ2n) is 8.44. The van der Waals surface area contributed by atoms with Gasteiger partial charge in [-0.3, -0.25) is 0 Å². The molecule has 3 atom stereocenters. The van der Waals surface area contributed by atoms with Gasteiger partial charge in [0.15, 0.2) is 0 Å². The van der Waals surface area contributed by atoms with Crippen LogP contribution in [0, 0.1) is 0 Å². The highest BCUT2D eigenvalue weighted by molar-refractivity contribution is 5.81. The molecule has 0 saturated carbocycles. The molecule has 1 aromatic rings. The van der Waals surface area contributed by atoms with E-state index in [-0.39, 0.29) is 6.10 Å². The van der Waals surface area contributed by atoms with Gasteiger partial charge < -0.3 is 29.4 Å². The molecule has 1 amide bonds. The van der Waals surface area contributed by atoms with Crippen molar-refractivity contribution in [2.24, 2.45) is 0 Å². The van der Waals surface area contributed by atoms with E-state index in [9.17, 15) is 14.7 Å². The zero-order chi connectivity index (χ0) is 23.4. The number of amides is 1. The maximum atomic E-state index is 12.0. The first-order valence-electron chi connectivity index (χ1n) is 10.6. The van der Waals surface area contributed by atoms with Crippen molar-refractivity contribution in [1.29, 1.82) is 0 Å². The van der Waals surface area contributed by atoms with E-state index in [4.69, 9.17) is 18.9 Å². The topological polar surface area (TPSA) is 103 Å². The predicted molar refractivity (Wildman–Crippen MR) is 117 cm³/mol. The number of rotatable bonds is 12. The summed E-state index contributed by atoms with van der Waals surface area (Å²) >= 11 is 0. The summed E-state index contributed by atoms with van der Waals surface area (Å²) in [5, 5.41) is 12.6. The van der Waals surface area contributed by atoms with Crippen LogP contribution in [0.25, 0.3) is 0 Å². The third kappa shape index (κ3) is 11.0. The van der Waals surface area contributed by atoms with E-state index < -0.39 is 29.8 Å². The Bertz CT molecular complexity index is 667. The molecular weight excluding hydrogens is 402 g/mol. The molecule has 0 radical (unpaired) electrons. The van der Waals surface area contributed by atoms with Crippen LogP contribution in [0.4, 0.5) is 4.79 Å². The third-order valence-corrected chi connectivity index (χ3v) is 4.57. The minimum Gasteiger partial charge on any atom is -0.497 e. The molecule has 1 rings (SSSR count). The number of aliphatic hydroxyl groups is 1. The molecule has 0 spiro atoms. The smallest absolute Gasteiger partial charge is 0.408 e. The largest absolute Gasteiger partial charge is 0.497 e. The predicted octanol–water partition coefficient (Wildman–Crippen LogP) is 3.59. The molecular formula is C23H37NO7. The molecule has 2 N–H and O–H groups in total. The van der Waals surface area contributed by atoms with Crippen molar-refractivity contribution >= 4 is 12.1 Å². The molecule has 8 heteroatoms. The van der Waals surface area contributed by atoms with Gasteiger partial charge in [-0.05, 0) is 58.2 Å². The third-order valence-electron chi connectivity index (χ3n) is 4.57. The number of benzene rings is 1. The average molecular weight is 440 g/mol. The minimum absolute atomic E-state index is 0.336. The fourth-order valence-corrected chi connectivity index (χ4v) is 2.92. The monoisotopic (exact) mass is 439 g/mol. The Balaban J connectivity index is 2.49. The summed E-state index contributed by atoms with van der Waals surface area (Å²) in [7, 11) is 2.89. The number of methoxy groups -OCH3 is 2. The van der Waals surface area contributed by atoms with E-state index >= 15 is 0 Å². The van der Waals surface area contributed by atoms with E-state index in [1.807, 2.05) is 24.3 Å². The lowest BCUT2D eigenvalue weighted by atomic mass is 10.0. The van der Waals surface area contributed by atoms with Gasteiger partial charge in [-0.15, -0.1) is 0 Å². The van der Waals surface area contributed by atoms with Crippen LogP contribution in [-0.2, 0) is 25.6 Å². The summed E-state index contributed by atoms with van der Waals surface area (Å²) in [4.78, 5) is 24.0. The average Bonchev–Trinajstić information content (AvgIpc) is 2.70. The maximum Gasteiger partial charge on any atom is 0.408 e. The molecule has 31 heavy (non-hydrogen) atoms. The molecule has 1 aromatic carbocycles. The SMILES string of the molecule is COC(=O)[C@H](CCCC[C@@H](OCc1ccc(OC)cc1)[C@H](C)O)NC(=O)OC(C)(C)C. The summed E-state index contributed by atoms with van der Waals surface area (Å²) in [6.07, 6.45) is 0.747. The Kier molecular flexibility index (Phi) is 11.3. The molecule has 0 fully saturated rings. The number of carbonyl (C=O) groups is 2. The zero-order valence-electron chi connectivity index (χ0n) is 19.5. The van der Waals surface area contributed by atoms with Crippen molar-refractivity contribution < 1.29 is 33.6 Å². The normalized spacial score (nSPS) is 14.3. The number of esters is 1. The van der Waals surface area contributed by atoms with Gasteiger partial charge in [-0.1, -0.05) is 25.0 Å². The quantitative estimate of drug-likeness (QED) is 0.379. The van der Waals surface area contributed by atoms with Gasteiger partial charge in [-0.2, -0.15) is 0 Å². The molecule has 0 aromatic heterocycles. The summed E-state index contributed by atoms with van der Waals surface area (Å²) < 4.78 is 21.0. The van der Waals surface area contributed by atoms with Crippen LogP contribution in [0.2, 0.25) is 0 Å². The first-order chi connectivity index (χ1) is 14.6. The maximum absolute atomic E-state index is 12.0. The molecule has 0 aliphatic rings. The van der Waals surface area contributed by atoms with Crippen LogP contribution >= 0.6 is 0 Å². The lowest BCUT2D eigenvalue weighted by Gasteiger charge is -2.23. The second kappa shape index (κ2) is 13.2. The van der Waals surface area contributed by atoms with Crippen LogP contribution in [0.15, 0.2) is 24.3 Å². The molecule has 0 aliphatic carbocycles. The van der Waals surface area contributed by atoms with Crippen molar-refractivity contribution in [2.45, 2.75) is 83.8 Å². The molecule has 0 saturated heterocycles. The van der Waals surface area contributed by atoms with E-state index in [1.165, 1.54) is 7.11 Å². The lowest BCUT2D eigenvalue weighted by molar-refractivity contribution is -0.143. The van der Waals surface area contributed by atoms with Crippen molar-refractivity contribution in [3.05, 3.63) is 29.8 Å². The van der Waals surface area contributed by atoms with Gasteiger partial charge >= 0.3 is 12.1 Å². The molecule has 0 bridgehead atoms. The van der Waals surface area contributed by atoms with Crippen LogP contribution in [0.1, 0.15) is 58.9 Å². The first kappa shape index (κ1) is 26.7.